The van der Waals surface area contributed by atoms with E-state index < -0.39 is 29.1 Å². The minimum Gasteiger partial charge on any atom is -0.268 e. The van der Waals surface area contributed by atoms with Crippen LogP contribution in [0.15, 0.2) is 42.5 Å². The second-order valence-electron chi connectivity index (χ2n) is 4.06. The molecule has 3 rings (SSSR count). The number of halogens is 2. The highest BCUT2D eigenvalue weighted by molar-refractivity contribution is 6.34. The van der Waals surface area contributed by atoms with Gasteiger partial charge >= 0.3 is 0 Å². The lowest BCUT2D eigenvalue weighted by molar-refractivity contribution is 0.0923. The smallest absolute Gasteiger partial charge is 0.266 e. The van der Waals surface area contributed by atoms with Gasteiger partial charge in [-0.25, -0.2) is 13.7 Å². The maximum atomic E-state index is 13.7. The van der Waals surface area contributed by atoms with Crippen LogP contribution in [0.1, 0.15) is 20.7 Å². The molecule has 1 aliphatic rings. The number of hydrogen-bond acceptors (Lipinski definition) is 2. The molecule has 0 spiro atoms. The Balaban J connectivity index is 2.20. The zero-order valence-electron chi connectivity index (χ0n) is 9.56. The summed E-state index contributed by atoms with van der Waals surface area (Å²) in [6, 6.07) is 9.26. The maximum Gasteiger partial charge on any atom is 0.266 e. The van der Waals surface area contributed by atoms with Crippen molar-refractivity contribution < 1.29 is 18.4 Å². The monoisotopic (exact) mass is 259 g/mol. The summed E-state index contributed by atoms with van der Waals surface area (Å²) in [5.41, 5.74) is -0.334. The van der Waals surface area contributed by atoms with E-state index in [1.54, 1.807) is 12.1 Å². The van der Waals surface area contributed by atoms with Crippen LogP contribution in [0.5, 0.6) is 0 Å². The maximum absolute atomic E-state index is 13.7. The number of hydrogen-bond donors (Lipinski definition) is 0. The summed E-state index contributed by atoms with van der Waals surface area (Å²) in [5, 5.41) is 0. The molecule has 0 aliphatic carbocycles. The molecule has 0 aromatic heterocycles. The molecule has 0 radical (unpaired) electrons. The predicted molar refractivity (Wildman–Crippen MR) is 63.9 cm³/mol. The number of amides is 2. The first kappa shape index (κ1) is 11.5. The number of imide groups is 1. The van der Waals surface area contributed by atoms with E-state index in [9.17, 15) is 18.4 Å². The number of anilines is 1. The van der Waals surface area contributed by atoms with Gasteiger partial charge in [-0.05, 0) is 24.3 Å². The van der Waals surface area contributed by atoms with E-state index in [2.05, 4.69) is 0 Å². The topological polar surface area (TPSA) is 37.4 Å². The average Bonchev–Trinajstić information content (AvgIpc) is 2.64. The number of carbonyl (C=O) groups excluding carboxylic acids is 2. The summed E-state index contributed by atoms with van der Waals surface area (Å²) >= 11 is 0. The van der Waals surface area contributed by atoms with Crippen molar-refractivity contribution in [3.63, 3.8) is 0 Å². The van der Waals surface area contributed by atoms with E-state index in [4.69, 9.17) is 0 Å². The van der Waals surface area contributed by atoms with E-state index in [0.717, 1.165) is 12.1 Å². The fourth-order valence-electron chi connectivity index (χ4n) is 2.09. The number of fused-ring (bicyclic) bond motifs is 1. The van der Waals surface area contributed by atoms with Crippen molar-refractivity contribution in [2.45, 2.75) is 0 Å². The fraction of sp³-hybridized carbons (Fsp3) is 0. The number of carbonyl (C=O) groups is 2. The Morgan fingerprint density at radius 1 is 0.737 bits per heavy atom. The first-order valence-electron chi connectivity index (χ1n) is 5.53. The third-order valence-electron chi connectivity index (χ3n) is 2.96. The van der Waals surface area contributed by atoms with Crippen molar-refractivity contribution in [1.82, 2.24) is 0 Å². The summed E-state index contributed by atoms with van der Waals surface area (Å²) in [6.07, 6.45) is 0. The molecular formula is C14H7F2NO2. The van der Waals surface area contributed by atoms with Gasteiger partial charge in [-0.1, -0.05) is 18.2 Å². The van der Waals surface area contributed by atoms with E-state index in [-0.39, 0.29) is 11.1 Å². The Kier molecular flexibility index (Phi) is 2.41. The zero-order chi connectivity index (χ0) is 13.6. The van der Waals surface area contributed by atoms with Crippen molar-refractivity contribution in [2.24, 2.45) is 0 Å². The van der Waals surface area contributed by atoms with Gasteiger partial charge in [-0.2, -0.15) is 0 Å². The van der Waals surface area contributed by atoms with Gasteiger partial charge in [0.1, 0.15) is 17.3 Å². The van der Waals surface area contributed by atoms with Gasteiger partial charge in [-0.3, -0.25) is 9.59 Å². The first-order valence-corrected chi connectivity index (χ1v) is 5.53. The zero-order valence-corrected chi connectivity index (χ0v) is 9.56. The van der Waals surface area contributed by atoms with Gasteiger partial charge < -0.3 is 0 Å². The summed E-state index contributed by atoms with van der Waals surface area (Å²) < 4.78 is 27.4. The molecule has 0 unspecified atom stereocenters. The molecule has 94 valence electrons. The molecule has 2 aromatic rings. The van der Waals surface area contributed by atoms with Gasteiger partial charge in [-0.15, -0.1) is 0 Å². The lowest BCUT2D eigenvalue weighted by Crippen LogP contribution is -2.31. The van der Waals surface area contributed by atoms with E-state index >= 15 is 0 Å². The predicted octanol–water partition coefficient (Wildman–Crippen LogP) is 2.77. The Morgan fingerprint density at radius 3 is 1.68 bits per heavy atom. The minimum atomic E-state index is -0.950. The summed E-state index contributed by atoms with van der Waals surface area (Å²) in [5.74, 6) is -3.33. The first-order chi connectivity index (χ1) is 9.11. The Labute approximate surface area is 107 Å². The quantitative estimate of drug-likeness (QED) is 0.738. The third-order valence-corrected chi connectivity index (χ3v) is 2.96. The van der Waals surface area contributed by atoms with E-state index in [1.807, 2.05) is 0 Å². The summed E-state index contributed by atoms with van der Waals surface area (Å²) in [4.78, 5) is 24.7. The molecule has 19 heavy (non-hydrogen) atoms. The van der Waals surface area contributed by atoms with Crippen LogP contribution in [0, 0.1) is 11.6 Å². The number of nitrogens with zero attached hydrogens (tertiary/aromatic N) is 1. The highest BCUT2D eigenvalue weighted by atomic mass is 19.1. The van der Waals surface area contributed by atoms with Crippen LogP contribution in [0.25, 0.3) is 0 Å². The molecule has 0 atom stereocenters. The highest BCUT2D eigenvalue weighted by Crippen LogP contribution is 2.31. The van der Waals surface area contributed by atoms with Crippen molar-refractivity contribution >= 4 is 17.5 Å². The lowest BCUT2D eigenvalue weighted by atomic mass is 10.1. The van der Waals surface area contributed by atoms with Crippen molar-refractivity contribution in [1.29, 1.82) is 0 Å². The van der Waals surface area contributed by atoms with Crippen LogP contribution in [-0.2, 0) is 0 Å². The molecule has 0 bridgehead atoms. The lowest BCUT2D eigenvalue weighted by Gasteiger charge is -2.15. The summed E-state index contributed by atoms with van der Waals surface area (Å²) in [6.45, 7) is 0. The Hall–Kier alpha value is -2.56. The van der Waals surface area contributed by atoms with Gasteiger partial charge in [0, 0.05) is 0 Å². The van der Waals surface area contributed by atoms with E-state index in [1.165, 1.54) is 18.2 Å². The fourth-order valence-corrected chi connectivity index (χ4v) is 2.09. The van der Waals surface area contributed by atoms with Gasteiger partial charge in [0.05, 0.1) is 11.1 Å². The molecule has 5 heteroatoms. The summed E-state index contributed by atoms with van der Waals surface area (Å²) in [7, 11) is 0. The molecule has 2 amide bonds. The molecular weight excluding hydrogens is 252 g/mol. The van der Waals surface area contributed by atoms with Crippen LogP contribution in [-0.4, -0.2) is 11.8 Å². The molecule has 0 saturated heterocycles. The van der Waals surface area contributed by atoms with Gasteiger partial charge in [0.2, 0.25) is 0 Å². The van der Waals surface area contributed by atoms with Gasteiger partial charge in [0.25, 0.3) is 11.8 Å². The molecule has 0 saturated carbocycles. The SMILES string of the molecule is O=C1c2ccccc2C(=O)N1c1c(F)cccc1F. The Bertz CT molecular complexity index is 657. The molecule has 1 heterocycles. The molecule has 2 aromatic carbocycles. The second-order valence-corrected chi connectivity index (χ2v) is 4.06. The van der Waals surface area contributed by atoms with Crippen LogP contribution in [0.4, 0.5) is 14.5 Å². The van der Waals surface area contributed by atoms with Gasteiger partial charge in [0.15, 0.2) is 0 Å². The highest BCUT2D eigenvalue weighted by Gasteiger charge is 2.38. The number of benzene rings is 2. The van der Waals surface area contributed by atoms with E-state index in [0.29, 0.717) is 4.90 Å². The third kappa shape index (κ3) is 1.55. The van der Waals surface area contributed by atoms with Crippen LogP contribution in [0.2, 0.25) is 0 Å². The minimum absolute atomic E-state index is 0.148. The van der Waals surface area contributed by atoms with Crippen LogP contribution in [0.3, 0.4) is 0 Å². The molecule has 0 N–H and O–H groups in total. The average molecular weight is 259 g/mol. The standard InChI is InChI=1S/C14H7F2NO2/c15-10-6-3-7-11(16)12(10)17-13(18)8-4-1-2-5-9(8)14(17)19/h1-7H. The van der Waals surface area contributed by atoms with Crippen molar-refractivity contribution in [3.8, 4) is 0 Å². The second kappa shape index (κ2) is 3.98. The molecule has 3 nitrogen and oxygen atoms in total. The largest absolute Gasteiger partial charge is 0.268 e. The van der Waals surface area contributed by atoms with Crippen LogP contribution >= 0.6 is 0 Å². The Morgan fingerprint density at radius 2 is 1.21 bits per heavy atom. The molecule has 1 aliphatic heterocycles. The van der Waals surface area contributed by atoms with Crippen LogP contribution < -0.4 is 4.90 Å². The molecule has 0 fully saturated rings. The number of para-hydroxylation sites is 1. The van der Waals surface area contributed by atoms with Crippen molar-refractivity contribution in [2.75, 3.05) is 4.90 Å². The number of rotatable bonds is 1. The van der Waals surface area contributed by atoms with Crippen molar-refractivity contribution in [3.05, 3.63) is 65.2 Å². The normalized spacial score (nSPS) is 13.9.